The van der Waals surface area contributed by atoms with Crippen LogP contribution in [0.4, 0.5) is 0 Å². The van der Waals surface area contributed by atoms with E-state index >= 15 is 0 Å². The zero-order valence-electron chi connectivity index (χ0n) is 15.9. The summed E-state index contributed by atoms with van der Waals surface area (Å²) < 4.78 is 0. The van der Waals surface area contributed by atoms with Crippen molar-refractivity contribution in [2.75, 3.05) is 26.7 Å². The van der Waals surface area contributed by atoms with Gasteiger partial charge in [0.25, 0.3) is 0 Å². The van der Waals surface area contributed by atoms with Gasteiger partial charge in [0.2, 0.25) is 0 Å². The Hall–Kier alpha value is -1.85. The summed E-state index contributed by atoms with van der Waals surface area (Å²) in [5, 5.41) is 9.10. The predicted octanol–water partition coefficient (Wildman–Crippen LogP) is 3.63. The molecule has 1 aromatic carbocycles. The zero-order valence-corrected chi connectivity index (χ0v) is 16.7. The maximum Gasteiger partial charge on any atom is 0.191 e. The van der Waals surface area contributed by atoms with E-state index in [-0.39, 0.29) is 0 Å². The number of benzene rings is 1. The number of aliphatic imine (C=N–C) groups is 1. The van der Waals surface area contributed by atoms with E-state index in [0.29, 0.717) is 5.92 Å². The standard InChI is InChI=1S/C21H30N4S/c1-17-7-9-18(10-8-17)13-23-21(22-2)24-14-19-5-3-11-25(15-19)16-20-6-4-12-26-20/h4,6-10,12,19H,3,5,11,13-16H2,1-2H3,(H2,22,23,24). The SMILES string of the molecule is CN=C(NCc1ccc(C)cc1)NCC1CCCN(Cc2cccs2)C1. The molecule has 2 aromatic rings. The second kappa shape index (κ2) is 9.74. The van der Waals surface area contributed by atoms with Gasteiger partial charge < -0.3 is 10.6 Å². The number of rotatable bonds is 6. The van der Waals surface area contributed by atoms with Crippen LogP contribution >= 0.6 is 11.3 Å². The summed E-state index contributed by atoms with van der Waals surface area (Å²) in [4.78, 5) is 8.42. The number of likely N-dealkylation sites (tertiary alicyclic amines) is 1. The van der Waals surface area contributed by atoms with Crippen LogP contribution in [0.1, 0.15) is 28.8 Å². The highest BCUT2D eigenvalue weighted by molar-refractivity contribution is 7.09. The van der Waals surface area contributed by atoms with Gasteiger partial charge in [0, 0.05) is 38.1 Å². The lowest BCUT2D eigenvalue weighted by molar-refractivity contribution is 0.169. The third kappa shape index (κ3) is 5.85. The van der Waals surface area contributed by atoms with Gasteiger partial charge in [-0.25, -0.2) is 0 Å². The summed E-state index contributed by atoms with van der Waals surface area (Å²) in [6.07, 6.45) is 2.58. The van der Waals surface area contributed by atoms with Gasteiger partial charge in [-0.15, -0.1) is 11.3 Å². The van der Waals surface area contributed by atoms with Crippen LogP contribution in [0.15, 0.2) is 46.8 Å². The van der Waals surface area contributed by atoms with Crippen LogP contribution in [0.5, 0.6) is 0 Å². The average molecular weight is 371 g/mol. The van der Waals surface area contributed by atoms with Crippen molar-refractivity contribution in [2.24, 2.45) is 10.9 Å². The van der Waals surface area contributed by atoms with Gasteiger partial charge in [-0.2, -0.15) is 0 Å². The first-order chi connectivity index (χ1) is 12.7. The highest BCUT2D eigenvalue weighted by atomic mass is 32.1. The molecule has 140 valence electrons. The molecule has 1 fully saturated rings. The quantitative estimate of drug-likeness (QED) is 0.602. The molecule has 1 unspecified atom stereocenters. The van der Waals surface area contributed by atoms with Crippen molar-refractivity contribution in [1.29, 1.82) is 0 Å². The first kappa shape index (κ1) is 18.9. The molecule has 0 radical (unpaired) electrons. The third-order valence-electron chi connectivity index (χ3n) is 4.93. The Kier molecular flexibility index (Phi) is 7.09. The topological polar surface area (TPSA) is 39.7 Å². The molecule has 0 bridgehead atoms. The van der Waals surface area contributed by atoms with Gasteiger partial charge in [-0.05, 0) is 49.2 Å². The molecule has 1 saturated heterocycles. The van der Waals surface area contributed by atoms with Crippen molar-refractivity contribution in [3.05, 3.63) is 57.8 Å². The molecule has 5 heteroatoms. The Morgan fingerprint density at radius 2 is 2.08 bits per heavy atom. The van der Waals surface area contributed by atoms with E-state index in [1.54, 1.807) is 0 Å². The Bertz CT molecular complexity index is 679. The van der Waals surface area contributed by atoms with Crippen LogP contribution in [0.3, 0.4) is 0 Å². The van der Waals surface area contributed by atoms with E-state index < -0.39 is 0 Å². The van der Waals surface area contributed by atoms with Crippen LogP contribution in [-0.2, 0) is 13.1 Å². The number of guanidine groups is 1. The normalized spacial score (nSPS) is 18.7. The van der Waals surface area contributed by atoms with Crippen molar-refractivity contribution in [3.8, 4) is 0 Å². The summed E-state index contributed by atoms with van der Waals surface area (Å²) in [5.41, 5.74) is 2.57. The van der Waals surface area contributed by atoms with E-state index in [1.807, 2.05) is 18.4 Å². The van der Waals surface area contributed by atoms with E-state index in [9.17, 15) is 0 Å². The Labute approximate surface area is 161 Å². The molecule has 26 heavy (non-hydrogen) atoms. The first-order valence-electron chi connectivity index (χ1n) is 9.47. The molecular formula is C21H30N4S. The first-order valence-corrected chi connectivity index (χ1v) is 10.4. The predicted molar refractivity (Wildman–Crippen MR) is 112 cm³/mol. The second-order valence-corrected chi connectivity index (χ2v) is 8.15. The minimum Gasteiger partial charge on any atom is -0.356 e. The molecule has 1 aliphatic heterocycles. The van der Waals surface area contributed by atoms with Gasteiger partial charge in [0.15, 0.2) is 5.96 Å². The lowest BCUT2D eigenvalue weighted by Gasteiger charge is -2.32. The van der Waals surface area contributed by atoms with Crippen LogP contribution in [0, 0.1) is 12.8 Å². The van der Waals surface area contributed by atoms with Gasteiger partial charge in [-0.1, -0.05) is 35.9 Å². The minimum atomic E-state index is 0.682. The van der Waals surface area contributed by atoms with E-state index in [0.717, 1.165) is 25.6 Å². The summed E-state index contributed by atoms with van der Waals surface area (Å²) in [6, 6.07) is 13.0. The van der Waals surface area contributed by atoms with Crippen LogP contribution < -0.4 is 10.6 Å². The van der Waals surface area contributed by atoms with Gasteiger partial charge in [0.05, 0.1) is 0 Å². The van der Waals surface area contributed by atoms with Crippen LogP contribution in [-0.4, -0.2) is 37.5 Å². The molecule has 0 spiro atoms. The lowest BCUT2D eigenvalue weighted by Crippen LogP contribution is -2.44. The van der Waals surface area contributed by atoms with Crippen molar-refractivity contribution in [1.82, 2.24) is 15.5 Å². The largest absolute Gasteiger partial charge is 0.356 e. The molecule has 1 aromatic heterocycles. The van der Waals surface area contributed by atoms with Crippen molar-refractivity contribution in [3.63, 3.8) is 0 Å². The van der Waals surface area contributed by atoms with Crippen molar-refractivity contribution >= 4 is 17.3 Å². The summed E-state index contributed by atoms with van der Waals surface area (Å²) in [6.45, 7) is 7.37. The van der Waals surface area contributed by atoms with E-state index in [2.05, 4.69) is 69.2 Å². The fourth-order valence-corrected chi connectivity index (χ4v) is 4.18. The number of hydrogen-bond donors (Lipinski definition) is 2. The molecule has 2 heterocycles. The molecular weight excluding hydrogens is 340 g/mol. The molecule has 0 amide bonds. The van der Waals surface area contributed by atoms with Crippen LogP contribution in [0.25, 0.3) is 0 Å². The smallest absolute Gasteiger partial charge is 0.191 e. The van der Waals surface area contributed by atoms with Crippen molar-refractivity contribution < 1.29 is 0 Å². The monoisotopic (exact) mass is 370 g/mol. The minimum absolute atomic E-state index is 0.682. The number of piperidine rings is 1. The molecule has 0 aliphatic carbocycles. The fraction of sp³-hybridized carbons (Fsp3) is 0.476. The Morgan fingerprint density at radius 3 is 2.81 bits per heavy atom. The average Bonchev–Trinajstić information content (AvgIpc) is 3.16. The molecule has 3 rings (SSSR count). The molecule has 4 nitrogen and oxygen atoms in total. The number of aryl methyl sites for hydroxylation is 1. The summed E-state index contributed by atoms with van der Waals surface area (Å²) >= 11 is 1.86. The number of thiophene rings is 1. The second-order valence-electron chi connectivity index (χ2n) is 7.11. The number of nitrogens with zero attached hydrogens (tertiary/aromatic N) is 2. The zero-order chi connectivity index (χ0) is 18.2. The number of nitrogens with one attached hydrogen (secondary N) is 2. The fourth-order valence-electron chi connectivity index (χ4n) is 3.44. The van der Waals surface area contributed by atoms with Gasteiger partial charge >= 0.3 is 0 Å². The summed E-state index contributed by atoms with van der Waals surface area (Å²) in [5.74, 6) is 1.57. The molecule has 0 saturated carbocycles. The Balaban J connectivity index is 1.42. The van der Waals surface area contributed by atoms with E-state index in [4.69, 9.17) is 0 Å². The highest BCUT2D eigenvalue weighted by Crippen LogP contribution is 2.19. The van der Waals surface area contributed by atoms with E-state index in [1.165, 1.54) is 41.9 Å². The maximum absolute atomic E-state index is 4.37. The van der Waals surface area contributed by atoms with Crippen LogP contribution in [0.2, 0.25) is 0 Å². The molecule has 2 N–H and O–H groups in total. The third-order valence-corrected chi connectivity index (χ3v) is 5.79. The van der Waals surface area contributed by atoms with Gasteiger partial charge in [-0.3, -0.25) is 9.89 Å². The highest BCUT2D eigenvalue weighted by Gasteiger charge is 2.20. The van der Waals surface area contributed by atoms with Crippen molar-refractivity contribution in [2.45, 2.75) is 32.9 Å². The molecule has 1 atom stereocenters. The lowest BCUT2D eigenvalue weighted by atomic mass is 9.98. The van der Waals surface area contributed by atoms with Gasteiger partial charge in [0.1, 0.15) is 0 Å². The Morgan fingerprint density at radius 1 is 1.23 bits per heavy atom. The summed E-state index contributed by atoms with van der Waals surface area (Å²) in [7, 11) is 1.84. The molecule has 1 aliphatic rings. The maximum atomic E-state index is 4.37. The number of hydrogen-bond acceptors (Lipinski definition) is 3.